The van der Waals surface area contributed by atoms with Crippen LogP contribution >= 0.6 is 22.7 Å². The van der Waals surface area contributed by atoms with Crippen LogP contribution in [0.1, 0.15) is 176 Å². The summed E-state index contributed by atoms with van der Waals surface area (Å²) >= 11 is 4.01. The van der Waals surface area contributed by atoms with Crippen molar-refractivity contribution in [1.82, 2.24) is 0 Å². The van der Waals surface area contributed by atoms with Gasteiger partial charge in [0.2, 0.25) is 0 Å². The number of fused-ring (bicyclic) bond motifs is 13. The molecular formula is C78H82BN3S2. The molecule has 15 rings (SSSR count). The van der Waals surface area contributed by atoms with Gasteiger partial charge in [0.15, 0.2) is 0 Å². The van der Waals surface area contributed by atoms with Crippen LogP contribution in [0, 0.1) is 0 Å². The maximum absolute atomic E-state index is 2.95. The third-order valence-corrected chi connectivity index (χ3v) is 23.9. The second kappa shape index (κ2) is 18.0. The summed E-state index contributed by atoms with van der Waals surface area (Å²) in [6.07, 6.45) is 7.06. The van der Waals surface area contributed by atoms with Crippen molar-refractivity contribution in [2.45, 2.75) is 180 Å². The summed E-state index contributed by atoms with van der Waals surface area (Å²) in [7, 11) is 0. The first-order valence-corrected chi connectivity index (χ1v) is 33.0. The van der Waals surface area contributed by atoms with Gasteiger partial charge in [0.25, 0.3) is 6.71 Å². The molecule has 1 saturated carbocycles. The highest BCUT2D eigenvalue weighted by molar-refractivity contribution is 7.33. The summed E-state index contributed by atoms with van der Waals surface area (Å²) in [5.74, 6) is 0. The number of nitrogens with zero attached hydrogens (tertiary/aromatic N) is 3. The lowest BCUT2D eigenvalue weighted by Gasteiger charge is -2.52. The summed E-state index contributed by atoms with van der Waals surface area (Å²) < 4.78 is 5.56. The zero-order chi connectivity index (χ0) is 58.6. The Hall–Kier alpha value is -6.60. The standard InChI is InChI=1S/C78H82BN3S2/c1-72(2,3)48-25-31-51(32-26-48)80(52-33-27-49(28-34-52)73(4,5)6)54-43-62-68-63(44-54)82-70-60(77(14)37-18-19-38-78(77,82)15)41-47(55-22-20-24-65-67(55)56-21-16-17-23-64(56)83-65)42-61(70)79(68)71-69(81(62)53-35-29-50(30-36-53)74(7,8)9)57-45-58-59(46-66(57)84-71)76(12,13)40-39-75(58,10)11/h16-17,20-36,41-46H,18-19,37-40H2,1-15H3. The highest BCUT2D eigenvalue weighted by Crippen LogP contribution is 2.64. The molecule has 2 atom stereocenters. The zero-order valence-electron chi connectivity index (χ0n) is 52.4. The predicted octanol–water partition coefficient (Wildman–Crippen LogP) is 21.0. The van der Waals surface area contributed by atoms with Crippen molar-refractivity contribution in [1.29, 1.82) is 0 Å². The molecule has 0 saturated heterocycles. The molecule has 3 aliphatic heterocycles. The Kier molecular flexibility index (Phi) is 11.6. The first-order valence-electron chi connectivity index (χ1n) is 31.4. The quantitative estimate of drug-likeness (QED) is 0.159. The number of hydrogen-bond acceptors (Lipinski definition) is 5. The molecular weight excluding hydrogens is 1050 g/mol. The summed E-state index contributed by atoms with van der Waals surface area (Å²) in [6.45, 7) is 36.3. The Labute approximate surface area is 508 Å². The van der Waals surface area contributed by atoms with Gasteiger partial charge in [-0.2, -0.15) is 0 Å². The van der Waals surface area contributed by atoms with Crippen LogP contribution in [0.4, 0.5) is 45.5 Å². The van der Waals surface area contributed by atoms with E-state index < -0.39 is 0 Å². The molecule has 0 bridgehead atoms. The first-order chi connectivity index (χ1) is 39.7. The predicted molar refractivity (Wildman–Crippen MR) is 368 cm³/mol. The van der Waals surface area contributed by atoms with Gasteiger partial charge in [-0.15, -0.1) is 22.7 Å². The number of benzene rings is 8. The van der Waals surface area contributed by atoms with Gasteiger partial charge < -0.3 is 14.7 Å². The third-order valence-electron chi connectivity index (χ3n) is 21.5. The topological polar surface area (TPSA) is 9.72 Å². The summed E-state index contributed by atoms with van der Waals surface area (Å²) in [5, 5.41) is 4.12. The lowest BCUT2D eigenvalue weighted by atomic mass is 9.36. The van der Waals surface area contributed by atoms with Crippen LogP contribution in [0.5, 0.6) is 0 Å². The molecule has 2 unspecified atom stereocenters. The monoisotopic (exact) mass is 1140 g/mol. The molecule has 0 N–H and O–H groups in total. The molecule has 1 fully saturated rings. The molecule has 2 aromatic heterocycles. The molecule has 84 heavy (non-hydrogen) atoms. The van der Waals surface area contributed by atoms with Gasteiger partial charge in [-0.05, 0) is 194 Å². The van der Waals surface area contributed by atoms with Crippen LogP contribution in [0.15, 0.2) is 152 Å². The second-order valence-corrected chi connectivity index (χ2v) is 32.9. The molecule has 2 aliphatic carbocycles. The van der Waals surface area contributed by atoms with Crippen molar-refractivity contribution in [3.05, 3.63) is 185 Å². The fourth-order valence-corrected chi connectivity index (χ4v) is 18.7. The highest BCUT2D eigenvalue weighted by atomic mass is 32.1. The Morgan fingerprint density at radius 3 is 1.68 bits per heavy atom. The molecule has 0 amide bonds. The van der Waals surface area contributed by atoms with Crippen molar-refractivity contribution >= 4 is 121 Å². The van der Waals surface area contributed by atoms with E-state index in [2.05, 4.69) is 282 Å². The number of hydrogen-bond donors (Lipinski definition) is 0. The fraction of sp³-hybridized carbons (Fsp3) is 0.359. The smallest absolute Gasteiger partial charge is 0.264 e. The molecule has 5 aliphatic rings. The zero-order valence-corrected chi connectivity index (χ0v) is 54.0. The number of thiophene rings is 2. The van der Waals surface area contributed by atoms with Gasteiger partial charge in [-0.25, -0.2) is 0 Å². The average molecular weight is 1140 g/mol. The van der Waals surface area contributed by atoms with E-state index in [1.165, 1.54) is 150 Å². The maximum atomic E-state index is 2.95. The average Bonchev–Trinajstić information content (AvgIpc) is 1.46. The Bertz CT molecular complexity index is 4310. The van der Waals surface area contributed by atoms with Crippen LogP contribution < -0.4 is 30.4 Å². The Balaban J connectivity index is 1.09. The SMILES string of the molecule is CC(C)(C)c1ccc(N(c2ccc(C(C)(C)C)cc2)c2cc3c4c(c2)N2c5c(cc(-c6cccc7sc8ccccc8c67)cc5C5(C)CCCCC25C)B4c2sc4cc5c(cc4c2N3c2ccc(C(C)(C)C)cc2)C(C)(C)CCC5(C)C)cc1. The van der Waals surface area contributed by atoms with E-state index >= 15 is 0 Å². The van der Waals surface area contributed by atoms with E-state index in [-0.39, 0.29) is 44.7 Å². The van der Waals surface area contributed by atoms with Crippen LogP contribution in [0.3, 0.4) is 0 Å². The van der Waals surface area contributed by atoms with Gasteiger partial charge in [0, 0.05) is 74.6 Å². The molecule has 0 radical (unpaired) electrons. The molecule has 0 spiro atoms. The van der Waals surface area contributed by atoms with E-state index in [4.69, 9.17) is 0 Å². The van der Waals surface area contributed by atoms with Crippen molar-refractivity contribution in [2.75, 3.05) is 14.7 Å². The van der Waals surface area contributed by atoms with Crippen LogP contribution in [0.2, 0.25) is 0 Å². The number of rotatable bonds is 5. The third kappa shape index (κ3) is 7.80. The molecule has 3 nitrogen and oxygen atoms in total. The minimum Gasteiger partial charge on any atom is -0.335 e. The summed E-state index contributed by atoms with van der Waals surface area (Å²) in [4.78, 5) is 8.28. The molecule has 8 aromatic carbocycles. The van der Waals surface area contributed by atoms with Crippen LogP contribution in [-0.2, 0) is 32.5 Å². The van der Waals surface area contributed by atoms with E-state index in [0.717, 1.165) is 24.2 Å². The molecule has 424 valence electrons. The normalized spacial score (nSPS) is 20.2. The summed E-state index contributed by atoms with van der Waals surface area (Å²) in [5.41, 5.74) is 24.2. The van der Waals surface area contributed by atoms with Crippen molar-refractivity contribution < 1.29 is 0 Å². The minimum absolute atomic E-state index is 0.00444. The Morgan fingerprint density at radius 1 is 0.476 bits per heavy atom. The van der Waals surface area contributed by atoms with Crippen molar-refractivity contribution in [3.8, 4) is 11.1 Å². The number of anilines is 8. The molecule has 6 heteroatoms. The van der Waals surface area contributed by atoms with Gasteiger partial charge in [0.05, 0.1) is 16.9 Å². The van der Waals surface area contributed by atoms with E-state index in [1.807, 2.05) is 11.3 Å². The second-order valence-electron chi connectivity index (χ2n) is 30.8. The largest absolute Gasteiger partial charge is 0.335 e. The fourth-order valence-electron chi connectivity index (χ4n) is 16.2. The maximum Gasteiger partial charge on any atom is 0.264 e. The first kappa shape index (κ1) is 54.1. The van der Waals surface area contributed by atoms with E-state index in [1.54, 1.807) is 0 Å². The van der Waals surface area contributed by atoms with Crippen molar-refractivity contribution in [2.24, 2.45) is 0 Å². The Morgan fingerprint density at radius 2 is 1.05 bits per heavy atom. The molecule has 5 heterocycles. The van der Waals surface area contributed by atoms with Crippen LogP contribution in [-0.4, -0.2) is 12.3 Å². The van der Waals surface area contributed by atoms with Crippen molar-refractivity contribution in [3.63, 3.8) is 0 Å². The van der Waals surface area contributed by atoms with Gasteiger partial charge in [-0.1, -0.05) is 183 Å². The van der Waals surface area contributed by atoms with Gasteiger partial charge in [0.1, 0.15) is 0 Å². The van der Waals surface area contributed by atoms with Gasteiger partial charge in [-0.3, -0.25) is 0 Å². The van der Waals surface area contributed by atoms with Crippen LogP contribution in [0.25, 0.3) is 41.4 Å². The lowest BCUT2D eigenvalue weighted by Crippen LogP contribution is -2.64. The van der Waals surface area contributed by atoms with E-state index in [0.29, 0.717) is 0 Å². The van der Waals surface area contributed by atoms with Gasteiger partial charge >= 0.3 is 0 Å². The molecule has 10 aromatic rings. The minimum atomic E-state index is -0.192. The summed E-state index contributed by atoms with van der Waals surface area (Å²) in [6, 6.07) is 60.9. The lowest BCUT2D eigenvalue weighted by molar-refractivity contribution is 0.195. The van der Waals surface area contributed by atoms with E-state index in [9.17, 15) is 0 Å². The highest BCUT2D eigenvalue weighted by Gasteiger charge is 2.62.